The Morgan fingerprint density at radius 2 is 2.40 bits per heavy atom. The fourth-order valence-corrected chi connectivity index (χ4v) is 2.03. The van der Waals surface area contributed by atoms with Gasteiger partial charge in [0, 0.05) is 5.41 Å². The Morgan fingerprint density at radius 3 is 2.90 bits per heavy atom. The maximum atomic E-state index is 11.0. The summed E-state index contributed by atoms with van der Waals surface area (Å²) in [6.07, 6.45) is 1.71. The molecule has 1 aliphatic heterocycles. The monoisotopic (exact) mass is 160 g/mol. The molecule has 2 rings (SSSR count). The third-order valence-electron chi connectivity index (χ3n) is 2.68. The second kappa shape index (κ2) is 1.50. The number of esters is 1. The van der Waals surface area contributed by atoms with E-state index >= 15 is 0 Å². The number of ether oxygens (including phenoxy) is 1. The Kier molecular flexibility index (Phi) is 0.970. The molecule has 1 saturated carbocycles. The van der Waals surface area contributed by atoms with Gasteiger partial charge in [0.05, 0.1) is 6.61 Å². The molecule has 0 amide bonds. The first-order valence-electron chi connectivity index (χ1n) is 3.45. The maximum absolute atomic E-state index is 11.0. The standard InChI is InChI=1S/C7H9ClO2/c1-6-2-3-10-5(9)7(6,8)4-6/h2-4H2,1H3/t6-,7+/m1/s1. The Labute approximate surface area is 64.5 Å². The molecular formula is C7H9ClO2. The molecule has 0 N–H and O–H groups in total. The zero-order valence-electron chi connectivity index (χ0n) is 5.82. The molecule has 0 bridgehead atoms. The normalized spacial score (nSPS) is 51.6. The number of fused-ring (bicyclic) bond motifs is 1. The molecule has 0 aromatic rings. The number of hydrogen-bond acceptors (Lipinski definition) is 2. The molecule has 2 atom stereocenters. The van der Waals surface area contributed by atoms with Gasteiger partial charge in [-0.3, -0.25) is 4.79 Å². The van der Waals surface area contributed by atoms with Crippen LogP contribution in [0.4, 0.5) is 0 Å². The van der Waals surface area contributed by atoms with E-state index in [1.807, 2.05) is 6.92 Å². The van der Waals surface area contributed by atoms with Gasteiger partial charge in [-0.15, -0.1) is 11.6 Å². The molecule has 0 unspecified atom stereocenters. The van der Waals surface area contributed by atoms with Crippen LogP contribution in [0.2, 0.25) is 0 Å². The van der Waals surface area contributed by atoms with Crippen molar-refractivity contribution in [2.75, 3.05) is 6.61 Å². The first kappa shape index (κ1) is 6.47. The topological polar surface area (TPSA) is 26.3 Å². The fraction of sp³-hybridized carbons (Fsp3) is 0.857. The maximum Gasteiger partial charge on any atom is 0.327 e. The highest BCUT2D eigenvalue weighted by atomic mass is 35.5. The second-order valence-electron chi connectivity index (χ2n) is 3.42. The molecule has 56 valence electrons. The SMILES string of the molecule is C[C@]12CCOC(=O)[C@@]1(Cl)C2. The zero-order chi connectivity index (χ0) is 7.41. The summed E-state index contributed by atoms with van der Waals surface area (Å²) < 4.78 is 4.83. The van der Waals surface area contributed by atoms with E-state index in [9.17, 15) is 4.79 Å². The number of carbonyl (C=O) groups is 1. The van der Waals surface area contributed by atoms with Crippen molar-refractivity contribution in [2.24, 2.45) is 5.41 Å². The highest BCUT2D eigenvalue weighted by Crippen LogP contribution is 2.65. The molecule has 0 radical (unpaired) electrons. The zero-order valence-corrected chi connectivity index (χ0v) is 6.57. The van der Waals surface area contributed by atoms with Crippen LogP contribution in [0.3, 0.4) is 0 Å². The summed E-state index contributed by atoms with van der Waals surface area (Å²) >= 11 is 5.96. The van der Waals surface area contributed by atoms with E-state index in [2.05, 4.69) is 0 Å². The molecule has 1 saturated heterocycles. The molecule has 10 heavy (non-hydrogen) atoms. The molecular weight excluding hydrogens is 152 g/mol. The van der Waals surface area contributed by atoms with Crippen LogP contribution in [0.5, 0.6) is 0 Å². The molecule has 0 aromatic heterocycles. The van der Waals surface area contributed by atoms with Gasteiger partial charge in [0.1, 0.15) is 4.87 Å². The second-order valence-corrected chi connectivity index (χ2v) is 4.07. The van der Waals surface area contributed by atoms with E-state index in [1.165, 1.54) is 0 Å². The van der Waals surface area contributed by atoms with Gasteiger partial charge in [0.25, 0.3) is 0 Å². The number of halogens is 1. The number of cyclic esters (lactones) is 1. The summed E-state index contributed by atoms with van der Waals surface area (Å²) in [6, 6.07) is 0. The third-order valence-corrected chi connectivity index (χ3v) is 3.42. The average molecular weight is 161 g/mol. The molecule has 3 heteroatoms. The van der Waals surface area contributed by atoms with Gasteiger partial charge in [0.2, 0.25) is 0 Å². The molecule has 2 aliphatic rings. The predicted octanol–water partition coefficient (Wildman–Crippen LogP) is 1.32. The summed E-state index contributed by atoms with van der Waals surface area (Å²) in [5.74, 6) is -0.220. The number of rotatable bonds is 0. The van der Waals surface area contributed by atoms with Crippen LogP contribution in [0.15, 0.2) is 0 Å². The molecule has 0 spiro atoms. The predicted molar refractivity (Wildman–Crippen MR) is 36.9 cm³/mol. The minimum Gasteiger partial charge on any atom is -0.464 e. The van der Waals surface area contributed by atoms with Crippen molar-refractivity contribution in [3.8, 4) is 0 Å². The van der Waals surface area contributed by atoms with E-state index in [1.54, 1.807) is 0 Å². The molecule has 1 heterocycles. The van der Waals surface area contributed by atoms with Gasteiger partial charge in [-0.25, -0.2) is 0 Å². The van der Waals surface area contributed by atoms with E-state index in [0.717, 1.165) is 12.8 Å². The van der Waals surface area contributed by atoms with Gasteiger partial charge in [0.15, 0.2) is 0 Å². The fourth-order valence-electron chi connectivity index (χ4n) is 1.58. The summed E-state index contributed by atoms with van der Waals surface area (Å²) in [4.78, 5) is 10.4. The van der Waals surface area contributed by atoms with E-state index in [0.29, 0.717) is 6.61 Å². The lowest BCUT2D eigenvalue weighted by Crippen LogP contribution is -2.31. The van der Waals surface area contributed by atoms with Crippen LogP contribution in [0.1, 0.15) is 19.8 Å². The van der Waals surface area contributed by atoms with Crippen LogP contribution < -0.4 is 0 Å². The quantitative estimate of drug-likeness (QED) is 0.395. The minimum absolute atomic E-state index is 0.0455. The van der Waals surface area contributed by atoms with Crippen LogP contribution in [-0.2, 0) is 9.53 Å². The largest absolute Gasteiger partial charge is 0.464 e. The summed E-state index contributed by atoms with van der Waals surface area (Å²) in [5, 5.41) is 0. The third kappa shape index (κ3) is 0.534. The first-order valence-corrected chi connectivity index (χ1v) is 3.82. The molecule has 2 fully saturated rings. The molecule has 1 aliphatic carbocycles. The Balaban J connectivity index is 2.28. The van der Waals surface area contributed by atoms with Crippen molar-refractivity contribution in [1.82, 2.24) is 0 Å². The van der Waals surface area contributed by atoms with Crippen molar-refractivity contribution in [3.63, 3.8) is 0 Å². The van der Waals surface area contributed by atoms with Gasteiger partial charge in [-0.1, -0.05) is 6.92 Å². The number of alkyl halides is 1. The van der Waals surface area contributed by atoms with Gasteiger partial charge >= 0.3 is 5.97 Å². The number of hydrogen-bond donors (Lipinski definition) is 0. The molecule has 0 aromatic carbocycles. The average Bonchev–Trinajstić information content (AvgIpc) is 2.38. The van der Waals surface area contributed by atoms with Crippen LogP contribution >= 0.6 is 11.6 Å². The van der Waals surface area contributed by atoms with Crippen molar-refractivity contribution in [2.45, 2.75) is 24.6 Å². The number of carbonyl (C=O) groups excluding carboxylic acids is 1. The van der Waals surface area contributed by atoms with Gasteiger partial charge < -0.3 is 4.74 Å². The van der Waals surface area contributed by atoms with Crippen molar-refractivity contribution in [1.29, 1.82) is 0 Å². The lowest BCUT2D eigenvalue weighted by molar-refractivity contribution is -0.148. The van der Waals surface area contributed by atoms with E-state index in [-0.39, 0.29) is 11.4 Å². The van der Waals surface area contributed by atoms with E-state index in [4.69, 9.17) is 16.3 Å². The first-order chi connectivity index (χ1) is 4.58. The lowest BCUT2D eigenvalue weighted by atomic mass is 10.0. The highest BCUT2D eigenvalue weighted by Gasteiger charge is 2.71. The minimum atomic E-state index is -0.648. The van der Waals surface area contributed by atoms with Crippen molar-refractivity contribution >= 4 is 17.6 Å². The summed E-state index contributed by atoms with van der Waals surface area (Å²) in [6.45, 7) is 2.59. The highest BCUT2D eigenvalue weighted by molar-refractivity contribution is 6.37. The lowest BCUT2D eigenvalue weighted by Gasteiger charge is -2.21. The van der Waals surface area contributed by atoms with Crippen LogP contribution in [0.25, 0.3) is 0 Å². The summed E-state index contributed by atoms with van der Waals surface area (Å²) in [7, 11) is 0. The summed E-state index contributed by atoms with van der Waals surface area (Å²) in [5.41, 5.74) is 0.0455. The van der Waals surface area contributed by atoms with Gasteiger partial charge in [-0.05, 0) is 12.8 Å². The van der Waals surface area contributed by atoms with Gasteiger partial charge in [-0.2, -0.15) is 0 Å². The van der Waals surface area contributed by atoms with Crippen molar-refractivity contribution < 1.29 is 9.53 Å². The smallest absolute Gasteiger partial charge is 0.327 e. The van der Waals surface area contributed by atoms with Crippen LogP contribution in [-0.4, -0.2) is 17.5 Å². The van der Waals surface area contributed by atoms with Crippen molar-refractivity contribution in [3.05, 3.63) is 0 Å². The molecule has 2 nitrogen and oxygen atoms in total. The Hall–Kier alpha value is -0.240. The van der Waals surface area contributed by atoms with E-state index < -0.39 is 4.87 Å². The Bertz CT molecular complexity index is 204. The van der Waals surface area contributed by atoms with Crippen LogP contribution in [0, 0.1) is 5.41 Å². The Morgan fingerprint density at radius 1 is 1.70 bits per heavy atom.